The Kier molecular flexibility index (Phi) is 2.55. The number of ether oxygens (including phenoxy) is 1. The Hall–Kier alpha value is -2.23. The van der Waals surface area contributed by atoms with E-state index in [1.807, 2.05) is 43.4 Å². The highest BCUT2D eigenvalue weighted by molar-refractivity contribution is 5.76. The largest absolute Gasteiger partial charge is 0.489 e. The lowest BCUT2D eigenvalue weighted by Crippen LogP contribution is -2.34. The molecule has 1 atom stereocenters. The lowest BCUT2D eigenvalue weighted by atomic mass is 10.1. The second-order valence-corrected chi connectivity index (χ2v) is 4.39. The number of likely N-dealkylation sites (N-methyl/N-ethyl adjacent to an activating group) is 1. The first-order chi connectivity index (χ1) is 8.77. The second-order valence-electron chi connectivity index (χ2n) is 4.39. The molecule has 1 aromatic heterocycles. The molecular weight excluding hydrogens is 226 g/mol. The Morgan fingerprint density at radius 3 is 2.94 bits per heavy atom. The van der Waals surface area contributed by atoms with Crippen molar-refractivity contribution in [1.82, 2.24) is 4.98 Å². The van der Waals surface area contributed by atoms with Gasteiger partial charge >= 0.3 is 0 Å². The molecule has 0 aliphatic carbocycles. The number of rotatable bonds is 1. The minimum absolute atomic E-state index is 0.100. The summed E-state index contributed by atoms with van der Waals surface area (Å²) >= 11 is 0. The molecule has 1 aliphatic rings. The molecule has 0 fully saturated rings. The predicted molar refractivity (Wildman–Crippen MR) is 71.7 cm³/mol. The number of pyridine rings is 1. The Balaban J connectivity index is 2.02. The van der Waals surface area contributed by atoms with Crippen molar-refractivity contribution in [3.05, 3.63) is 48.3 Å². The van der Waals surface area contributed by atoms with E-state index >= 15 is 0 Å². The summed E-state index contributed by atoms with van der Waals surface area (Å²) in [6, 6.07) is 11.7. The normalized spacial score (nSPS) is 18.1. The van der Waals surface area contributed by atoms with Crippen molar-refractivity contribution in [2.75, 3.05) is 24.3 Å². The maximum Gasteiger partial charge on any atom is 0.144 e. The van der Waals surface area contributed by atoms with Crippen LogP contribution in [0.5, 0.6) is 5.75 Å². The molecule has 4 heteroatoms. The zero-order valence-electron chi connectivity index (χ0n) is 10.2. The summed E-state index contributed by atoms with van der Waals surface area (Å²) in [6.45, 7) is 0.587. The van der Waals surface area contributed by atoms with Gasteiger partial charge in [0.05, 0.1) is 11.4 Å². The molecule has 3 rings (SSSR count). The lowest BCUT2D eigenvalue weighted by Gasteiger charge is -2.36. The van der Waals surface area contributed by atoms with Crippen molar-refractivity contribution in [1.29, 1.82) is 0 Å². The summed E-state index contributed by atoms with van der Waals surface area (Å²) in [6.07, 6.45) is 1.80. The molecule has 1 aromatic carbocycles. The molecule has 2 heterocycles. The van der Waals surface area contributed by atoms with Gasteiger partial charge in [-0.3, -0.25) is 4.98 Å². The van der Waals surface area contributed by atoms with Crippen LogP contribution in [-0.2, 0) is 0 Å². The van der Waals surface area contributed by atoms with Gasteiger partial charge in [-0.1, -0.05) is 12.1 Å². The Labute approximate surface area is 106 Å². The van der Waals surface area contributed by atoms with E-state index in [0.29, 0.717) is 6.61 Å². The van der Waals surface area contributed by atoms with E-state index in [4.69, 9.17) is 10.5 Å². The fourth-order valence-electron chi connectivity index (χ4n) is 2.33. The first-order valence-electron chi connectivity index (χ1n) is 5.92. The van der Waals surface area contributed by atoms with Gasteiger partial charge in [-0.05, 0) is 24.3 Å². The van der Waals surface area contributed by atoms with E-state index in [2.05, 4.69) is 9.88 Å². The fraction of sp³-hybridized carbons (Fsp3) is 0.214. The number of para-hydroxylation sites is 1. The molecule has 0 spiro atoms. The standard InChI is InChI=1S/C14H15N3O/c1-17-12(11-6-2-3-8-16-11)9-18-13-7-4-5-10(15)14(13)17/h2-8,12H,9,15H2,1H3. The molecule has 0 saturated heterocycles. The van der Waals surface area contributed by atoms with Crippen LogP contribution in [0.3, 0.4) is 0 Å². The van der Waals surface area contributed by atoms with Crippen LogP contribution in [0.25, 0.3) is 0 Å². The molecule has 4 nitrogen and oxygen atoms in total. The molecular formula is C14H15N3O. The third kappa shape index (κ3) is 1.66. The zero-order valence-corrected chi connectivity index (χ0v) is 10.2. The van der Waals surface area contributed by atoms with Crippen molar-refractivity contribution >= 4 is 11.4 Å². The van der Waals surface area contributed by atoms with Crippen LogP contribution in [0.15, 0.2) is 42.6 Å². The molecule has 18 heavy (non-hydrogen) atoms. The summed E-state index contributed by atoms with van der Waals surface area (Å²) < 4.78 is 5.78. The Morgan fingerprint density at radius 1 is 1.28 bits per heavy atom. The molecule has 0 radical (unpaired) electrons. The van der Waals surface area contributed by atoms with Crippen molar-refractivity contribution in [2.45, 2.75) is 6.04 Å². The van der Waals surface area contributed by atoms with Gasteiger partial charge in [0.25, 0.3) is 0 Å². The summed E-state index contributed by atoms with van der Waals surface area (Å²) in [5.41, 5.74) is 8.70. The van der Waals surface area contributed by atoms with Crippen molar-refractivity contribution in [3.8, 4) is 5.75 Å². The van der Waals surface area contributed by atoms with Gasteiger partial charge in [0.2, 0.25) is 0 Å². The number of aromatic nitrogens is 1. The first-order valence-corrected chi connectivity index (χ1v) is 5.92. The van der Waals surface area contributed by atoms with E-state index in [-0.39, 0.29) is 6.04 Å². The number of fused-ring (bicyclic) bond motifs is 1. The number of hydrogen-bond acceptors (Lipinski definition) is 4. The monoisotopic (exact) mass is 241 g/mol. The summed E-state index contributed by atoms with van der Waals surface area (Å²) in [7, 11) is 2.02. The summed E-state index contributed by atoms with van der Waals surface area (Å²) in [5, 5.41) is 0. The molecule has 0 bridgehead atoms. The van der Waals surface area contributed by atoms with E-state index < -0.39 is 0 Å². The molecule has 92 valence electrons. The van der Waals surface area contributed by atoms with Crippen molar-refractivity contribution in [3.63, 3.8) is 0 Å². The third-order valence-electron chi connectivity index (χ3n) is 3.28. The van der Waals surface area contributed by atoms with Gasteiger partial charge in [-0.15, -0.1) is 0 Å². The minimum Gasteiger partial charge on any atom is -0.489 e. The quantitative estimate of drug-likeness (QED) is 0.778. The van der Waals surface area contributed by atoms with Crippen LogP contribution < -0.4 is 15.4 Å². The number of anilines is 2. The Bertz CT molecular complexity index is 556. The fourth-order valence-corrected chi connectivity index (χ4v) is 2.33. The van der Waals surface area contributed by atoms with Crippen LogP contribution in [-0.4, -0.2) is 18.6 Å². The first kappa shape index (κ1) is 10.9. The maximum atomic E-state index is 6.03. The van der Waals surface area contributed by atoms with Crippen LogP contribution >= 0.6 is 0 Å². The maximum absolute atomic E-state index is 6.03. The number of hydrogen-bond donors (Lipinski definition) is 1. The van der Waals surface area contributed by atoms with Crippen LogP contribution in [0.2, 0.25) is 0 Å². The highest BCUT2D eigenvalue weighted by Crippen LogP contribution is 2.41. The topological polar surface area (TPSA) is 51.4 Å². The molecule has 0 amide bonds. The van der Waals surface area contributed by atoms with Gasteiger partial charge in [0, 0.05) is 13.2 Å². The van der Waals surface area contributed by atoms with E-state index in [1.165, 1.54) is 0 Å². The van der Waals surface area contributed by atoms with Gasteiger partial charge in [-0.2, -0.15) is 0 Å². The van der Waals surface area contributed by atoms with E-state index in [1.54, 1.807) is 6.20 Å². The average molecular weight is 241 g/mol. The van der Waals surface area contributed by atoms with E-state index in [0.717, 1.165) is 22.8 Å². The smallest absolute Gasteiger partial charge is 0.144 e. The molecule has 1 aliphatic heterocycles. The van der Waals surface area contributed by atoms with Crippen molar-refractivity contribution < 1.29 is 4.74 Å². The predicted octanol–water partition coefficient (Wildman–Crippen LogP) is 2.23. The summed E-state index contributed by atoms with van der Waals surface area (Å²) in [4.78, 5) is 6.53. The van der Waals surface area contributed by atoms with Crippen LogP contribution in [0, 0.1) is 0 Å². The van der Waals surface area contributed by atoms with Gasteiger partial charge in [-0.25, -0.2) is 0 Å². The number of benzene rings is 1. The van der Waals surface area contributed by atoms with Crippen LogP contribution in [0.4, 0.5) is 11.4 Å². The number of nitrogens with zero attached hydrogens (tertiary/aromatic N) is 2. The highest BCUT2D eigenvalue weighted by atomic mass is 16.5. The zero-order chi connectivity index (χ0) is 12.5. The molecule has 1 unspecified atom stereocenters. The van der Waals surface area contributed by atoms with Crippen LogP contribution in [0.1, 0.15) is 11.7 Å². The van der Waals surface area contributed by atoms with E-state index in [9.17, 15) is 0 Å². The number of nitrogen functional groups attached to an aromatic ring is 1. The van der Waals surface area contributed by atoms with Gasteiger partial charge in [0.1, 0.15) is 24.1 Å². The highest BCUT2D eigenvalue weighted by Gasteiger charge is 2.28. The lowest BCUT2D eigenvalue weighted by molar-refractivity contribution is 0.266. The minimum atomic E-state index is 0.100. The SMILES string of the molecule is CN1c2c(N)cccc2OCC1c1ccccn1. The molecule has 0 saturated carbocycles. The average Bonchev–Trinajstić information content (AvgIpc) is 2.40. The summed E-state index contributed by atoms with van der Waals surface area (Å²) in [5.74, 6) is 0.838. The Morgan fingerprint density at radius 2 is 2.17 bits per heavy atom. The molecule has 2 aromatic rings. The third-order valence-corrected chi connectivity index (χ3v) is 3.28. The van der Waals surface area contributed by atoms with Gasteiger partial charge in [0.15, 0.2) is 0 Å². The second kappa shape index (κ2) is 4.22. The van der Waals surface area contributed by atoms with Crippen molar-refractivity contribution in [2.24, 2.45) is 0 Å². The van der Waals surface area contributed by atoms with Gasteiger partial charge < -0.3 is 15.4 Å². The number of nitrogens with two attached hydrogens (primary N) is 1. The molecule has 2 N–H and O–H groups in total.